The number of anilines is 1. The van der Waals surface area contributed by atoms with Crippen LogP contribution in [0.4, 0.5) is 5.82 Å². The first-order valence-electron chi connectivity index (χ1n) is 6.80. The van der Waals surface area contributed by atoms with Crippen LogP contribution < -0.4 is 10.6 Å². The summed E-state index contributed by atoms with van der Waals surface area (Å²) in [5.41, 5.74) is 8.06. The molecule has 0 aliphatic carbocycles. The Morgan fingerprint density at radius 1 is 1.20 bits per heavy atom. The second-order valence-electron chi connectivity index (χ2n) is 5.08. The van der Waals surface area contributed by atoms with Crippen LogP contribution in [0.2, 0.25) is 0 Å². The Hall–Kier alpha value is -1.94. The van der Waals surface area contributed by atoms with E-state index in [9.17, 15) is 0 Å². The van der Waals surface area contributed by atoms with E-state index in [1.165, 1.54) is 5.56 Å². The third kappa shape index (κ3) is 2.51. The standard InChI is InChI=1S/C16H17N3S/c17-15(20)14-7-4-9-18-16(14)19-10-8-13(11-19)12-5-2-1-3-6-12/h1-7,9,13H,8,10-11H2,(H2,17,20). The van der Waals surface area contributed by atoms with E-state index in [1.54, 1.807) is 6.20 Å². The van der Waals surface area contributed by atoms with Gasteiger partial charge in [0, 0.05) is 25.2 Å². The van der Waals surface area contributed by atoms with Crippen LogP contribution in [0.15, 0.2) is 48.7 Å². The highest BCUT2D eigenvalue weighted by Crippen LogP contribution is 2.31. The number of benzene rings is 1. The molecular formula is C16H17N3S. The molecule has 0 radical (unpaired) electrons. The minimum Gasteiger partial charge on any atom is -0.389 e. The van der Waals surface area contributed by atoms with Gasteiger partial charge < -0.3 is 10.6 Å². The van der Waals surface area contributed by atoms with E-state index in [4.69, 9.17) is 18.0 Å². The van der Waals surface area contributed by atoms with Crippen molar-refractivity contribution in [3.05, 3.63) is 59.8 Å². The highest BCUT2D eigenvalue weighted by molar-refractivity contribution is 7.80. The summed E-state index contributed by atoms with van der Waals surface area (Å²) in [6, 6.07) is 14.5. The molecule has 20 heavy (non-hydrogen) atoms. The number of nitrogens with two attached hydrogens (primary N) is 1. The average molecular weight is 283 g/mol. The largest absolute Gasteiger partial charge is 0.389 e. The predicted molar refractivity (Wildman–Crippen MR) is 86.1 cm³/mol. The highest BCUT2D eigenvalue weighted by Gasteiger charge is 2.26. The molecule has 1 aliphatic rings. The summed E-state index contributed by atoms with van der Waals surface area (Å²) in [6.07, 6.45) is 2.93. The van der Waals surface area contributed by atoms with Crippen molar-refractivity contribution < 1.29 is 0 Å². The van der Waals surface area contributed by atoms with Crippen molar-refractivity contribution in [2.24, 2.45) is 5.73 Å². The average Bonchev–Trinajstić information content (AvgIpc) is 2.98. The van der Waals surface area contributed by atoms with Gasteiger partial charge in [-0.25, -0.2) is 4.98 Å². The van der Waals surface area contributed by atoms with E-state index in [-0.39, 0.29) is 0 Å². The molecule has 0 amide bonds. The van der Waals surface area contributed by atoms with Gasteiger partial charge in [-0.05, 0) is 24.1 Å². The number of hydrogen-bond acceptors (Lipinski definition) is 3. The third-order valence-electron chi connectivity index (χ3n) is 3.81. The van der Waals surface area contributed by atoms with E-state index < -0.39 is 0 Å². The van der Waals surface area contributed by atoms with Crippen molar-refractivity contribution in [1.29, 1.82) is 0 Å². The van der Waals surface area contributed by atoms with Crippen LogP contribution in [-0.2, 0) is 0 Å². The van der Waals surface area contributed by atoms with Gasteiger partial charge in [-0.3, -0.25) is 0 Å². The van der Waals surface area contributed by atoms with Crippen molar-refractivity contribution in [3.63, 3.8) is 0 Å². The van der Waals surface area contributed by atoms with Crippen LogP contribution in [0.1, 0.15) is 23.5 Å². The predicted octanol–water partition coefficient (Wildman–Crippen LogP) is 2.71. The summed E-state index contributed by atoms with van der Waals surface area (Å²) < 4.78 is 0. The number of nitrogens with zero attached hydrogens (tertiary/aromatic N) is 2. The molecule has 1 atom stereocenters. The van der Waals surface area contributed by atoms with Gasteiger partial charge in [-0.2, -0.15) is 0 Å². The zero-order valence-electron chi connectivity index (χ0n) is 11.2. The molecule has 2 aromatic rings. The Balaban J connectivity index is 1.83. The summed E-state index contributed by atoms with van der Waals surface area (Å²) in [5.74, 6) is 1.47. The SMILES string of the molecule is NC(=S)c1cccnc1N1CCC(c2ccccc2)C1. The fourth-order valence-electron chi connectivity index (χ4n) is 2.79. The van der Waals surface area contributed by atoms with Gasteiger partial charge in [-0.15, -0.1) is 0 Å². The molecule has 4 heteroatoms. The molecule has 1 unspecified atom stereocenters. The van der Waals surface area contributed by atoms with Gasteiger partial charge in [0.1, 0.15) is 10.8 Å². The van der Waals surface area contributed by atoms with Crippen LogP contribution in [0.25, 0.3) is 0 Å². The van der Waals surface area contributed by atoms with Crippen LogP contribution in [0.5, 0.6) is 0 Å². The first kappa shape index (κ1) is 13.1. The maximum absolute atomic E-state index is 5.79. The van der Waals surface area contributed by atoms with Crippen LogP contribution >= 0.6 is 12.2 Å². The van der Waals surface area contributed by atoms with Gasteiger partial charge in [0.15, 0.2) is 0 Å². The summed E-state index contributed by atoms with van der Waals surface area (Å²) in [4.78, 5) is 7.17. The van der Waals surface area contributed by atoms with Crippen LogP contribution in [0, 0.1) is 0 Å². The van der Waals surface area contributed by atoms with E-state index in [0.29, 0.717) is 10.9 Å². The molecule has 0 spiro atoms. The maximum Gasteiger partial charge on any atom is 0.138 e. The minimum atomic E-state index is 0.413. The third-order valence-corrected chi connectivity index (χ3v) is 4.03. The van der Waals surface area contributed by atoms with Crippen molar-refractivity contribution in [2.75, 3.05) is 18.0 Å². The molecule has 1 saturated heterocycles. The fraction of sp³-hybridized carbons (Fsp3) is 0.250. The number of rotatable bonds is 3. The molecule has 102 valence electrons. The molecule has 1 aromatic heterocycles. The molecule has 3 nitrogen and oxygen atoms in total. The number of pyridine rings is 1. The summed E-state index contributed by atoms with van der Waals surface area (Å²) in [6.45, 7) is 1.96. The molecule has 3 rings (SSSR count). The topological polar surface area (TPSA) is 42.1 Å². The number of hydrogen-bond donors (Lipinski definition) is 1. The van der Waals surface area contributed by atoms with Gasteiger partial charge in [-0.1, -0.05) is 42.5 Å². The Bertz CT molecular complexity index is 612. The smallest absolute Gasteiger partial charge is 0.138 e. The van der Waals surface area contributed by atoms with Gasteiger partial charge >= 0.3 is 0 Å². The first-order chi connectivity index (χ1) is 9.75. The first-order valence-corrected chi connectivity index (χ1v) is 7.21. The minimum absolute atomic E-state index is 0.413. The molecule has 2 N–H and O–H groups in total. The van der Waals surface area contributed by atoms with Crippen molar-refractivity contribution in [3.8, 4) is 0 Å². The molecule has 0 saturated carbocycles. The summed E-state index contributed by atoms with van der Waals surface area (Å²) >= 11 is 5.12. The maximum atomic E-state index is 5.79. The lowest BCUT2D eigenvalue weighted by Crippen LogP contribution is -2.24. The molecule has 1 aromatic carbocycles. The van der Waals surface area contributed by atoms with Crippen LogP contribution in [-0.4, -0.2) is 23.1 Å². The lowest BCUT2D eigenvalue weighted by atomic mass is 9.99. The van der Waals surface area contributed by atoms with E-state index in [1.807, 2.05) is 12.1 Å². The Labute approximate surface area is 124 Å². The van der Waals surface area contributed by atoms with E-state index in [2.05, 4.69) is 40.2 Å². The summed E-state index contributed by atoms with van der Waals surface area (Å²) in [7, 11) is 0. The molecule has 2 heterocycles. The lowest BCUT2D eigenvalue weighted by Gasteiger charge is -2.20. The summed E-state index contributed by atoms with van der Waals surface area (Å²) in [5, 5.41) is 0. The monoisotopic (exact) mass is 283 g/mol. The second kappa shape index (κ2) is 5.59. The fourth-order valence-corrected chi connectivity index (χ4v) is 2.95. The zero-order chi connectivity index (χ0) is 13.9. The van der Waals surface area contributed by atoms with Gasteiger partial charge in [0.2, 0.25) is 0 Å². The normalized spacial score (nSPS) is 18.2. The van der Waals surface area contributed by atoms with E-state index in [0.717, 1.165) is 30.9 Å². The molecular weight excluding hydrogens is 266 g/mol. The Morgan fingerprint density at radius 3 is 2.75 bits per heavy atom. The highest BCUT2D eigenvalue weighted by atomic mass is 32.1. The van der Waals surface area contributed by atoms with Crippen molar-refractivity contribution in [1.82, 2.24) is 4.98 Å². The molecule has 1 aliphatic heterocycles. The van der Waals surface area contributed by atoms with E-state index >= 15 is 0 Å². The van der Waals surface area contributed by atoms with Crippen molar-refractivity contribution >= 4 is 23.0 Å². The quantitative estimate of drug-likeness (QED) is 0.880. The Kier molecular flexibility index (Phi) is 3.65. The number of aromatic nitrogens is 1. The van der Waals surface area contributed by atoms with Gasteiger partial charge in [0.25, 0.3) is 0 Å². The number of thiocarbonyl (C=S) groups is 1. The molecule has 0 bridgehead atoms. The van der Waals surface area contributed by atoms with Crippen LogP contribution in [0.3, 0.4) is 0 Å². The Morgan fingerprint density at radius 2 is 2.00 bits per heavy atom. The second-order valence-corrected chi connectivity index (χ2v) is 5.52. The van der Waals surface area contributed by atoms with Gasteiger partial charge in [0.05, 0.1) is 5.56 Å². The van der Waals surface area contributed by atoms with Crippen molar-refractivity contribution in [2.45, 2.75) is 12.3 Å². The zero-order valence-corrected chi connectivity index (χ0v) is 12.0. The molecule has 1 fully saturated rings. The lowest BCUT2D eigenvalue weighted by molar-refractivity contribution is 0.774.